The lowest BCUT2D eigenvalue weighted by Gasteiger charge is -2.11. The van der Waals surface area contributed by atoms with Gasteiger partial charge in [-0.3, -0.25) is 14.4 Å². The third-order valence-electron chi connectivity index (χ3n) is 2.74. The molecule has 0 spiro atoms. The van der Waals surface area contributed by atoms with Crippen molar-refractivity contribution in [1.29, 1.82) is 0 Å². The highest BCUT2D eigenvalue weighted by atomic mass is 32.1. The van der Waals surface area contributed by atoms with E-state index in [1.165, 1.54) is 24.3 Å². The minimum atomic E-state index is -0.613. The second-order valence-electron chi connectivity index (χ2n) is 4.54. The number of ether oxygens (including phenoxy) is 1. The van der Waals surface area contributed by atoms with E-state index in [1.807, 2.05) is 0 Å². The third-order valence-corrected chi connectivity index (χ3v) is 3.57. The van der Waals surface area contributed by atoms with Crippen molar-refractivity contribution < 1.29 is 19.1 Å². The summed E-state index contributed by atoms with van der Waals surface area (Å²) in [6.45, 7) is 1.11. The van der Waals surface area contributed by atoms with E-state index in [9.17, 15) is 14.4 Å². The lowest BCUT2D eigenvalue weighted by molar-refractivity contribution is -0.118. The maximum absolute atomic E-state index is 11.9. The smallest absolute Gasteiger partial charge is 0.262 e. The van der Waals surface area contributed by atoms with Gasteiger partial charge >= 0.3 is 0 Å². The summed E-state index contributed by atoms with van der Waals surface area (Å²) in [5, 5.41) is 7.21. The highest BCUT2D eigenvalue weighted by Crippen LogP contribution is 2.25. The van der Waals surface area contributed by atoms with Gasteiger partial charge in [0.1, 0.15) is 10.8 Å². The SMILES string of the molecule is CC(=O)Nc1ccccc1OCC(=O)Nc1sccc1C(N)=O. The normalized spacial score (nSPS) is 9.96. The summed E-state index contributed by atoms with van der Waals surface area (Å²) in [7, 11) is 0. The molecule has 1 heterocycles. The summed E-state index contributed by atoms with van der Waals surface area (Å²) in [4.78, 5) is 34.2. The zero-order valence-corrected chi connectivity index (χ0v) is 13.1. The first kappa shape index (κ1) is 16.5. The van der Waals surface area contributed by atoms with Crippen molar-refractivity contribution in [1.82, 2.24) is 0 Å². The van der Waals surface area contributed by atoms with Gasteiger partial charge in [-0.1, -0.05) is 12.1 Å². The Labute approximate surface area is 136 Å². The molecule has 3 amide bonds. The Morgan fingerprint density at radius 3 is 2.61 bits per heavy atom. The number of nitrogens with two attached hydrogens (primary N) is 1. The average Bonchev–Trinajstić information content (AvgIpc) is 2.94. The number of amides is 3. The van der Waals surface area contributed by atoms with Gasteiger partial charge in [-0.25, -0.2) is 0 Å². The van der Waals surface area contributed by atoms with Crippen LogP contribution in [0.3, 0.4) is 0 Å². The van der Waals surface area contributed by atoms with E-state index in [0.29, 0.717) is 16.4 Å². The molecule has 1 aromatic carbocycles. The summed E-state index contributed by atoms with van der Waals surface area (Å²) >= 11 is 1.19. The van der Waals surface area contributed by atoms with Gasteiger partial charge in [-0.05, 0) is 23.6 Å². The van der Waals surface area contributed by atoms with Gasteiger partial charge in [0.15, 0.2) is 6.61 Å². The number of nitrogens with one attached hydrogen (secondary N) is 2. The molecule has 8 heteroatoms. The Balaban J connectivity index is 1.98. The first-order valence-electron chi connectivity index (χ1n) is 6.64. The Bertz CT molecular complexity index is 742. The number of anilines is 2. The van der Waals surface area contributed by atoms with Crippen LogP contribution < -0.4 is 21.1 Å². The zero-order valence-electron chi connectivity index (χ0n) is 12.3. The molecule has 0 unspecified atom stereocenters. The van der Waals surface area contributed by atoms with Crippen LogP contribution in [-0.2, 0) is 9.59 Å². The van der Waals surface area contributed by atoms with Gasteiger partial charge in [0.2, 0.25) is 5.91 Å². The number of carbonyl (C=O) groups is 3. The van der Waals surface area contributed by atoms with Crippen LogP contribution in [0.4, 0.5) is 10.7 Å². The minimum absolute atomic E-state index is 0.241. The van der Waals surface area contributed by atoms with E-state index < -0.39 is 11.8 Å². The quantitative estimate of drug-likeness (QED) is 0.749. The van der Waals surface area contributed by atoms with Crippen molar-refractivity contribution in [2.45, 2.75) is 6.92 Å². The fourth-order valence-electron chi connectivity index (χ4n) is 1.79. The number of primary amides is 1. The van der Waals surface area contributed by atoms with E-state index in [1.54, 1.807) is 29.6 Å². The molecular weight excluding hydrogens is 318 g/mol. The Morgan fingerprint density at radius 2 is 1.91 bits per heavy atom. The van der Waals surface area contributed by atoms with Crippen LogP contribution in [0.15, 0.2) is 35.7 Å². The van der Waals surface area contributed by atoms with Crippen molar-refractivity contribution in [3.05, 3.63) is 41.3 Å². The molecule has 0 bridgehead atoms. The van der Waals surface area contributed by atoms with E-state index in [2.05, 4.69) is 10.6 Å². The van der Waals surface area contributed by atoms with Crippen molar-refractivity contribution in [2.75, 3.05) is 17.2 Å². The second-order valence-corrected chi connectivity index (χ2v) is 5.46. The summed E-state index contributed by atoms with van der Waals surface area (Å²) in [6.07, 6.45) is 0. The maximum Gasteiger partial charge on any atom is 0.262 e. The Kier molecular flexibility index (Phi) is 5.32. The Morgan fingerprint density at radius 1 is 1.17 bits per heavy atom. The summed E-state index contributed by atoms with van der Waals surface area (Å²) in [5.74, 6) is -0.916. The molecule has 0 saturated carbocycles. The van der Waals surface area contributed by atoms with Gasteiger partial charge in [0.25, 0.3) is 11.8 Å². The predicted molar refractivity (Wildman–Crippen MR) is 87.7 cm³/mol. The van der Waals surface area contributed by atoms with Crippen LogP contribution in [0.1, 0.15) is 17.3 Å². The van der Waals surface area contributed by atoms with Crippen LogP contribution in [-0.4, -0.2) is 24.3 Å². The van der Waals surface area contributed by atoms with Crippen LogP contribution in [0, 0.1) is 0 Å². The number of thiophene rings is 1. The molecule has 120 valence electrons. The number of carbonyl (C=O) groups excluding carboxylic acids is 3. The molecule has 0 aliphatic carbocycles. The fourth-order valence-corrected chi connectivity index (χ4v) is 2.60. The standard InChI is InChI=1S/C15H15N3O4S/c1-9(19)17-11-4-2-3-5-12(11)22-8-13(20)18-15-10(14(16)21)6-7-23-15/h2-7H,8H2,1H3,(H2,16,21)(H,17,19)(H,18,20). The summed E-state index contributed by atoms with van der Waals surface area (Å²) in [6, 6.07) is 8.30. The molecule has 2 rings (SSSR count). The number of para-hydroxylation sites is 2. The molecule has 7 nitrogen and oxygen atoms in total. The highest BCUT2D eigenvalue weighted by molar-refractivity contribution is 7.14. The van der Waals surface area contributed by atoms with Crippen LogP contribution in [0.5, 0.6) is 5.75 Å². The minimum Gasteiger partial charge on any atom is -0.482 e. The molecule has 1 aromatic heterocycles. The fraction of sp³-hybridized carbons (Fsp3) is 0.133. The number of benzene rings is 1. The monoisotopic (exact) mass is 333 g/mol. The van der Waals surface area contributed by atoms with E-state index >= 15 is 0 Å². The first-order chi connectivity index (χ1) is 11.0. The van der Waals surface area contributed by atoms with Gasteiger partial charge in [0.05, 0.1) is 11.3 Å². The predicted octanol–water partition coefficient (Wildman–Crippen LogP) is 1.82. The number of rotatable bonds is 6. The molecule has 0 radical (unpaired) electrons. The van der Waals surface area contributed by atoms with Gasteiger partial charge in [-0.2, -0.15) is 0 Å². The zero-order chi connectivity index (χ0) is 16.8. The van der Waals surface area contributed by atoms with Crippen molar-refractivity contribution in [3.8, 4) is 5.75 Å². The second kappa shape index (κ2) is 7.41. The van der Waals surface area contributed by atoms with Crippen molar-refractivity contribution >= 4 is 39.7 Å². The third kappa shape index (κ3) is 4.55. The molecule has 4 N–H and O–H groups in total. The van der Waals surface area contributed by atoms with Gasteiger partial charge < -0.3 is 21.1 Å². The molecule has 0 fully saturated rings. The lowest BCUT2D eigenvalue weighted by atomic mass is 10.3. The van der Waals surface area contributed by atoms with E-state index in [0.717, 1.165) is 0 Å². The van der Waals surface area contributed by atoms with E-state index in [-0.39, 0.29) is 18.1 Å². The van der Waals surface area contributed by atoms with Crippen LogP contribution >= 0.6 is 11.3 Å². The molecule has 2 aromatic rings. The molecule has 0 atom stereocenters. The maximum atomic E-state index is 11.9. The van der Waals surface area contributed by atoms with Crippen molar-refractivity contribution in [3.63, 3.8) is 0 Å². The molecule has 23 heavy (non-hydrogen) atoms. The summed E-state index contributed by atoms with van der Waals surface area (Å²) in [5.41, 5.74) is 5.94. The number of hydrogen-bond donors (Lipinski definition) is 3. The lowest BCUT2D eigenvalue weighted by Crippen LogP contribution is -2.22. The van der Waals surface area contributed by atoms with Crippen LogP contribution in [0.25, 0.3) is 0 Å². The van der Waals surface area contributed by atoms with Crippen molar-refractivity contribution in [2.24, 2.45) is 5.73 Å². The molecule has 0 aliphatic heterocycles. The average molecular weight is 333 g/mol. The van der Waals surface area contributed by atoms with Crippen LogP contribution in [0.2, 0.25) is 0 Å². The molecular formula is C15H15N3O4S. The Hall–Kier alpha value is -2.87. The van der Waals surface area contributed by atoms with Gasteiger partial charge in [0, 0.05) is 6.92 Å². The first-order valence-corrected chi connectivity index (χ1v) is 7.52. The molecule has 0 aliphatic rings. The number of hydrogen-bond acceptors (Lipinski definition) is 5. The largest absolute Gasteiger partial charge is 0.482 e. The van der Waals surface area contributed by atoms with E-state index in [4.69, 9.17) is 10.5 Å². The topological polar surface area (TPSA) is 111 Å². The highest BCUT2D eigenvalue weighted by Gasteiger charge is 2.13. The molecule has 0 saturated heterocycles. The van der Waals surface area contributed by atoms with Gasteiger partial charge in [-0.15, -0.1) is 11.3 Å². The summed E-state index contributed by atoms with van der Waals surface area (Å²) < 4.78 is 5.41.